The summed E-state index contributed by atoms with van der Waals surface area (Å²) in [7, 11) is 2.08. The molecule has 0 fully saturated rings. The van der Waals surface area contributed by atoms with Gasteiger partial charge in [0.15, 0.2) is 4.67 Å². The van der Waals surface area contributed by atoms with Crippen molar-refractivity contribution < 1.29 is 4.42 Å². The molecule has 0 spiro atoms. The Morgan fingerprint density at radius 2 is 2.06 bits per heavy atom. The molecule has 1 atom stereocenters. The number of halogens is 2. The van der Waals surface area contributed by atoms with Gasteiger partial charge in [0.25, 0.3) is 0 Å². The lowest BCUT2D eigenvalue weighted by atomic mass is 10.0. The summed E-state index contributed by atoms with van der Waals surface area (Å²) < 4.78 is 7.24. The largest absolute Gasteiger partial charge is 0.452 e. The van der Waals surface area contributed by atoms with Gasteiger partial charge in [0.2, 0.25) is 0 Å². The SMILES string of the molecule is CC(C)C(N)CCN(C)Cc1cc(Br)c(Br)o1. The van der Waals surface area contributed by atoms with E-state index in [1.807, 2.05) is 6.07 Å². The first-order chi connectivity index (χ1) is 7.90. The van der Waals surface area contributed by atoms with Crippen molar-refractivity contribution in [3.63, 3.8) is 0 Å². The number of hydrogen-bond donors (Lipinski definition) is 1. The quantitative estimate of drug-likeness (QED) is 0.834. The summed E-state index contributed by atoms with van der Waals surface area (Å²) in [5, 5.41) is 0. The van der Waals surface area contributed by atoms with Crippen LogP contribution in [-0.2, 0) is 6.54 Å². The van der Waals surface area contributed by atoms with Crippen molar-refractivity contribution in [1.29, 1.82) is 0 Å². The van der Waals surface area contributed by atoms with Gasteiger partial charge in [-0.2, -0.15) is 0 Å². The van der Waals surface area contributed by atoms with Crippen molar-refractivity contribution in [3.8, 4) is 0 Å². The highest BCUT2D eigenvalue weighted by atomic mass is 79.9. The van der Waals surface area contributed by atoms with E-state index in [1.165, 1.54) is 0 Å². The first-order valence-electron chi connectivity index (χ1n) is 5.78. The molecule has 0 saturated carbocycles. The van der Waals surface area contributed by atoms with Crippen LogP contribution in [0.2, 0.25) is 0 Å². The van der Waals surface area contributed by atoms with Crippen LogP contribution in [-0.4, -0.2) is 24.5 Å². The van der Waals surface area contributed by atoms with Gasteiger partial charge in [0.05, 0.1) is 11.0 Å². The van der Waals surface area contributed by atoms with Gasteiger partial charge < -0.3 is 10.2 Å². The Bertz CT molecular complexity index is 333. The molecule has 0 aliphatic rings. The standard InChI is InChI=1S/C12H20Br2N2O/c1-8(2)11(15)4-5-16(3)7-9-6-10(13)12(14)17-9/h6,8,11H,4-5,7,15H2,1-3H3. The molecule has 0 aliphatic carbocycles. The number of rotatable bonds is 6. The van der Waals surface area contributed by atoms with Crippen LogP contribution in [0.1, 0.15) is 26.0 Å². The molecule has 5 heteroatoms. The zero-order valence-corrected chi connectivity index (χ0v) is 13.7. The molecule has 2 N–H and O–H groups in total. The van der Waals surface area contributed by atoms with Gasteiger partial charge >= 0.3 is 0 Å². The summed E-state index contributed by atoms with van der Waals surface area (Å²) in [6.07, 6.45) is 1.01. The Morgan fingerprint density at radius 3 is 2.53 bits per heavy atom. The molecular weight excluding hydrogens is 348 g/mol. The van der Waals surface area contributed by atoms with Crippen molar-refractivity contribution in [1.82, 2.24) is 4.90 Å². The van der Waals surface area contributed by atoms with E-state index in [4.69, 9.17) is 10.2 Å². The molecule has 0 amide bonds. The molecule has 1 aromatic rings. The Balaban J connectivity index is 2.37. The van der Waals surface area contributed by atoms with E-state index in [-0.39, 0.29) is 6.04 Å². The van der Waals surface area contributed by atoms with E-state index >= 15 is 0 Å². The number of furan rings is 1. The highest BCUT2D eigenvalue weighted by Crippen LogP contribution is 2.27. The van der Waals surface area contributed by atoms with Gasteiger partial charge in [0, 0.05) is 6.04 Å². The van der Waals surface area contributed by atoms with Gasteiger partial charge in [0.1, 0.15) is 5.76 Å². The minimum atomic E-state index is 0.271. The lowest BCUT2D eigenvalue weighted by Crippen LogP contribution is -2.31. The summed E-state index contributed by atoms with van der Waals surface area (Å²) in [4.78, 5) is 2.22. The number of nitrogens with zero attached hydrogens (tertiary/aromatic N) is 1. The van der Waals surface area contributed by atoms with Crippen molar-refractivity contribution in [2.75, 3.05) is 13.6 Å². The highest BCUT2D eigenvalue weighted by Gasteiger charge is 2.11. The molecule has 0 saturated heterocycles. The first kappa shape index (κ1) is 15.2. The van der Waals surface area contributed by atoms with Gasteiger partial charge in [-0.3, -0.25) is 4.90 Å². The molecule has 98 valence electrons. The summed E-state index contributed by atoms with van der Waals surface area (Å²) in [5.41, 5.74) is 6.02. The summed E-state index contributed by atoms with van der Waals surface area (Å²) in [5.74, 6) is 1.49. The molecule has 0 radical (unpaired) electrons. The molecule has 0 aliphatic heterocycles. The van der Waals surface area contributed by atoms with Crippen molar-refractivity contribution in [2.45, 2.75) is 32.9 Å². The molecule has 3 nitrogen and oxygen atoms in total. The predicted octanol–water partition coefficient (Wildman–Crippen LogP) is 3.61. The van der Waals surface area contributed by atoms with Crippen LogP contribution >= 0.6 is 31.9 Å². The highest BCUT2D eigenvalue weighted by molar-refractivity contribution is 9.13. The summed E-state index contributed by atoms with van der Waals surface area (Å²) in [6, 6.07) is 2.26. The molecule has 1 rings (SSSR count). The lowest BCUT2D eigenvalue weighted by Gasteiger charge is -2.20. The maximum Gasteiger partial charge on any atom is 0.183 e. The van der Waals surface area contributed by atoms with Crippen molar-refractivity contribution in [3.05, 3.63) is 21.0 Å². The maximum atomic E-state index is 6.02. The number of hydrogen-bond acceptors (Lipinski definition) is 3. The second kappa shape index (κ2) is 6.92. The van der Waals surface area contributed by atoms with E-state index in [2.05, 4.69) is 57.7 Å². The van der Waals surface area contributed by atoms with E-state index in [0.717, 1.165) is 34.4 Å². The van der Waals surface area contributed by atoms with Crippen LogP contribution < -0.4 is 5.73 Å². The van der Waals surface area contributed by atoms with Crippen LogP contribution in [0.4, 0.5) is 0 Å². The van der Waals surface area contributed by atoms with Crippen LogP contribution in [0.15, 0.2) is 19.6 Å². The molecule has 1 heterocycles. The molecule has 1 unspecified atom stereocenters. The predicted molar refractivity (Wildman–Crippen MR) is 77.9 cm³/mol. The third-order valence-electron chi connectivity index (χ3n) is 2.82. The fraction of sp³-hybridized carbons (Fsp3) is 0.667. The third-order valence-corrected chi connectivity index (χ3v) is 4.53. The van der Waals surface area contributed by atoms with Gasteiger partial charge in [-0.25, -0.2) is 0 Å². The second-order valence-electron chi connectivity index (χ2n) is 4.77. The second-order valence-corrected chi connectivity index (χ2v) is 6.34. The van der Waals surface area contributed by atoms with E-state index < -0.39 is 0 Å². The average Bonchev–Trinajstić information content (AvgIpc) is 2.54. The van der Waals surface area contributed by atoms with Crippen LogP contribution in [0.25, 0.3) is 0 Å². The van der Waals surface area contributed by atoms with Crippen molar-refractivity contribution in [2.24, 2.45) is 11.7 Å². The van der Waals surface area contributed by atoms with E-state index in [9.17, 15) is 0 Å². The minimum absolute atomic E-state index is 0.271. The molecule has 17 heavy (non-hydrogen) atoms. The van der Waals surface area contributed by atoms with Gasteiger partial charge in [-0.1, -0.05) is 13.8 Å². The average molecular weight is 368 g/mol. The fourth-order valence-electron chi connectivity index (χ4n) is 1.52. The van der Waals surface area contributed by atoms with Crippen LogP contribution in [0.5, 0.6) is 0 Å². The Hall–Kier alpha value is 0.160. The Kier molecular flexibility index (Phi) is 6.20. The fourth-order valence-corrected chi connectivity index (χ4v) is 2.18. The van der Waals surface area contributed by atoms with Gasteiger partial charge in [-0.05, 0) is 63.9 Å². The minimum Gasteiger partial charge on any atom is -0.452 e. The van der Waals surface area contributed by atoms with Crippen LogP contribution in [0, 0.1) is 5.92 Å². The molecule has 0 aromatic carbocycles. The normalized spacial score (nSPS) is 13.6. The zero-order valence-electron chi connectivity index (χ0n) is 10.5. The smallest absolute Gasteiger partial charge is 0.183 e. The zero-order chi connectivity index (χ0) is 13.0. The number of nitrogens with two attached hydrogens (primary N) is 1. The summed E-state index contributed by atoms with van der Waals surface area (Å²) >= 11 is 6.74. The van der Waals surface area contributed by atoms with E-state index in [1.54, 1.807) is 0 Å². The molecular formula is C12H20Br2N2O. The van der Waals surface area contributed by atoms with Gasteiger partial charge in [-0.15, -0.1) is 0 Å². The van der Waals surface area contributed by atoms with Crippen molar-refractivity contribution >= 4 is 31.9 Å². The Morgan fingerprint density at radius 1 is 1.41 bits per heavy atom. The summed E-state index contributed by atoms with van der Waals surface area (Å²) in [6.45, 7) is 6.10. The lowest BCUT2D eigenvalue weighted by molar-refractivity contribution is 0.271. The molecule has 1 aromatic heterocycles. The van der Waals surface area contributed by atoms with Crippen LogP contribution in [0.3, 0.4) is 0 Å². The monoisotopic (exact) mass is 366 g/mol. The third kappa shape index (κ3) is 5.12. The first-order valence-corrected chi connectivity index (χ1v) is 7.36. The topological polar surface area (TPSA) is 42.4 Å². The Labute approximate surface area is 120 Å². The maximum absolute atomic E-state index is 6.02. The van der Waals surface area contributed by atoms with E-state index in [0.29, 0.717) is 5.92 Å². The molecule has 0 bridgehead atoms.